The van der Waals surface area contributed by atoms with Gasteiger partial charge in [-0.15, -0.1) is 0 Å². The molecule has 6 rings (SSSR count). The molecule has 10 nitrogen and oxygen atoms in total. The summed E-state index contributed by atoms with van der Waals surface area (Å²) in [7, 11) is 0. The fourth-order valence-electron chi connectivity index (χ4n) is 6.34. The number of alkyl halides is 3. The Morgan fingerprint density at radius 1 is 1.09 bits per heavy atom. The Morgan fingerprint density at radius 2 is 1.80 bits per heavy atom. The van der Waals surface area contributed by atoms with Gasteiger partial charge >= 0.3 is 6.18 Å². The van der Waals surface area contributed by atoms with Gasteiger partial charge in [0.2, 0.25) is 5.91 Å². The van der Waals surface area contributed by atoms with Gasteiger partial charge in [0.15, 0.2) is 5.78 Å². The molecule has 4 aromatic rings. The van der Waals surface area contributed by atoms with Gasteiger partial charge in [0.1, 0.15) is 34.0 Å². The number of carbonyl (C=O) groups excluding carboxylic acids is 3. The number of hydrogen-bond acceptors (Lipinski definition) is 8. The maximum atomic E-state index is 14.5. The maximum Gasteiger partial charge on any atom is 0.418 e. The number of benzene rings is 1. The number of pyridine rings is 1. The van der Waals surface area contributed by atoms with E-state index in [-0.39, 0.29) is 16.6 Å². The molecule has 14 heteroatoms. The van der Waals surface area contributed by atoms with Gasteiger partial charge in [0, 0.05) is 42.2 Å². The van der Waals surface area contributed by atoms with Crippen molar-refractivity contribution in [3.05, 3.63) is 63.9 Å². The fourth-order valence-corrected chi connectivity index (χ4v) is 6.64. The van der Waals surface area contributed by atoms with Crippen molar-refractivity contribution in [1.29, 1.82) is 0 Å². The summed E-state index contributed by atoms with van der Waals surface area (Å²) in [6.07, 6.45) is -0.870. The highest BCUT2D eigenvalue weighted by atomic mass is 79.9. The second-order valence-electron chi connectivity index (χ2n) is 11.7. The van der Waals surface area contributed by atoms with Gasteiger partial charge < -0.3 is 4.90 Å². The van der Waals surface area contributed by atoms with E-state index in [1.807, 2.05) is 24.8 Å². The minimum Gasteiger partial charge on any atom is -0.341 e. The lowest BCUT2D eigenvalue weighted by molar-refractivity contribution is -0.137. The highest BCUT2D eigenvalue weighted by molar-refractivity contribution is 9.10. The Kier molecular flexibility index (Phi) is 6.91. The molecule has 4 heterocycles. The molecular weight excluding hydrogens is 643 g/mol. The smallest absolute Gasteiger partial charge is 0.341 e. The fraction of sp³-hybridized carbons (Fsp3) is 0.367. The summed E-state index contributed by atoms with van der Waals surface area (Å²) in [6.45, 7) is 6.52. The van der Waals surface area contributed by atoms with Gasteiger partial charge in [-0.25, -0.2) is 15.0 Å². The van der Waals surface area contributed by atoms with Gasteiger partial charge in [-0.05, 0) is 71.9 Å². The van der Waals surface area contributed by atoms with Gasteiger partial charge in [-0.1, -0.05) is 13.0 Å². The number of ketones is 1. The number of Topliss-reactive ketones (excluding diaryl/α,β-unsaturated/α-hetero) is 1. The van der Waals surface area contributed by atoms with E-state index in [1.165, 1.54) is 25.4 Å². The highest BCUT2D eigenvalue weighted by Gasteiger charge is 2.76. The third-order valence-electron chi connectivity index (χ3n) is 8.68. The van der Waals surface area contributed by atoms with Crippen molar-refractivity contribution in [2.45, 2.75) is 58.8 Å². The second kappa shape index (κ2) is 10.2. The van der Waals surface area contributed by atoms with Crippen LogP contribution in [0, 0.1) is 19.3 Å². The lowest BCUT2D eigenvalue weighted by Gasteiger charge is -2.30. The molecular formula is C30H27BrF3N7O3. The average molecular weight is 670 g/mol. The van der Waals surface area contributed by atoms with Gasteiger partial charge in [-0.3, -0.25) is 24.4 Å². The minimum atomic E-state index is -4.86. The van der Waals surface area contributed by atoms with Crippen molar-refractivity contribution in [3.8, 4) is 11.1 Å². The zero-order valence-corrected chi connectivity index (χ0v) is 25.8. The number of halogens is 4. The molecule has 1 aliphatic carbocycles. The predicted octanol–water partition coefficient (Wildman–Crippen LogP) is 5.19. The number of piperidine rings is 1. The number of nitrogens with one attached hydrogen (secondary N) is 1. The van der Waals surface area contributed by atoms with Crippen LogP contribution in [-0.2, 0) is 22.3 Å². The van der Waals surface area contributed by atoms with Gasteiger partial charge in [0.05, 0.1) is 11.1 Å². The third-order valence-corrected chi connectivity index (χ3v) is 9.12. The van der Waals surface area contributed by atoms with Crippen molar-refractivity contribution in [3.63, 3.8) is 0 Å². The molecule has 3 aromatic heterocycles. The van der Waals surface area contributed by atoms with E-state index in [0.717, 1.165) is 16.3 Å². The Morgan fingerprint density at radius 3 is 2.43 bits per heavy atom. The molecule has 1 aromatic carbocycles. The zero-order valence-electron chi connectivity index (χ0n) is 24.2. The molecule has 2 fully saturated rings. The second-order valence-corrected chi connectivity index (χ2v) is 12.5. The van der Waals surface area contributed by atoms with E-state index in [1.54, 1.807) is 13.0 Å². The van der Waals surface area contributed by atoms with Crippen molar-refractivity contribution in [1.82, 2.24) is 30.0 Å². The SMILES string of the molecule is CC(=O)c1nn(CC(=O)NC(=O)C23CC2(C)CCN3c2nc(Br)ccc2C)c2c(C(F)(F)F)cc(-c3cnc(C)nc3)cc12. The van der Waals surface area contributed by atoms with Crippen molar-refractivity contribution < 1.29 is 27.6 Å². The summed E-state index contributed by atoms with van der Waals surface area (Å²) < 4.78 is 44.8. The first-order valence-electron chi connectivity index (χ1n) is 13.8. The van der Waals surface area contributed by atoms with Crippen LogP contribution in [-0.4, -0.2) is 54.4 Å². The van der Waals surface area contributed by atoms with E-state index < -0.39 is 52.4 Å². The molecule has 1 saturated carbocycles. The molecule has 2 unspecified atom stereocenters. The van der Waals surface area contributed by atoms with Crippen LogP contribution in [0.5, 0.6) is 0 Å². The Bertz CT molecular complexity index is 1870. The molecule has 228 valence electrons. The molecule has 1 saturated heterocycles. The number of amides is 2. The summed E-state index contributed by atoms with van der Waals surface area (Å²) in [6, 6.07) is 6.00. The number of aromatic nitrogens is 5. The number of rotatable bonds is 6. The molecule has 0 bridgehead atoms. The number of carbonyl (C=O) groups is 3. The number of anilines is 1. The molecule has 2 aliphatic rings. The summed E-state index contributed by atoms with van der Waals surface area (Å²) >= 11 is 3.38. The predicted molar refractivity (Wildman–Crippen MR) is 158 cm³/mol. The topological polar surface area (TPSA) is 123 Å². The largest absolute Gasteiger partial charge is 0.418 e. The number of fused-ring (bicyclic) bond motifs is 2. The van der Waals surface area contributed by atoms with E-state index >= 15 is 0 Å². The van der Waals surface area contributed by atoms with Crippen LogP contribution in [0.4, 0.5) is 19.0 Å². The van der Waals surface area contributed by atoms with Gasteiger partial charge in [0.25, 0.3) is 5.91 Å². The molecule has 44 heavy (non-hydrogen) atoms. The van der Waals surface area contributed by atoms with Crippen LogP contribution in [0.3, 0.4) is 0 Å². The van der Waals surface area contributed by atoms with Crippen LogP contribution >= 0.6 is 15.9 Å². The average Bonchev–Trinajstić information content (AvgIpc) is 3.25. The lowest BCUT2D eigenvalue weighted by atomic mass is 10.00. The highest BCUT2D eigenvalue weighted by Crippen LogP contribution is 2.67. The first-order chi connectivity index (χ1) is 20.6. The summed E-state index contributed by atoms with van der Waals surface area (Å²) in [4.78, 5) is 54.2. The Hall–Kier alpha value is -4.20. The van der Waals surface area contributed by atoms with Crippen LogP contribution in [0.25, 0.3) is 22.0 Å². The Labute approximate surface area is 258 Å². The Balaban J connectivity index is 1.35. The van der Waals surface area contributed by atoms with E-state index in [0.29, 0.717) is 41.2 Å². The number of aryl methyl sites for hydroxylation is 2. The molecule has 0 spiro atoms. The van der Waals surface area contributed by atoms with E-state index in [2.05, 4.69) is 41.3 Å². The first kappa shape index (κ1) is 29.9. The molecule has 0 radical (unpaired) electrons. The first-order valence-corrected chi connectivity index (χ1v) is 14.6. The van der Waals surface area contributed by atoms with Crippen LogP contribution in [0.2, 0.25) is 0 Å². The zero-order chi connectivity index (χ0) is 31.8. The summed E-state index contributed by atoms with van der Waals surface area (Å²) in [5, 5.41) is 6.46. The van der Waals surface area contributed by atoms with E-state index in [9.17, 15) is 27.6 Å². The molecule has 2 atom stereocenters. The minimum absolute atomic E-state index is 0.0754. The van der Waals surface area contributed by atoms with Gasteiger partial charge in [-0.2, -0.15) is 18.3 Å². The normalized spacial score (nSPS) is 21.0. The number of imide groups is 1. The number of nitrogens with zero attached hydrogens (tertiary/aromatic N) is 6. The van der Waals surface area contributed by atoms with E-state index in [4.69, 9.17) is 0 Å². The summed E-state index contributed by atoms with van der Waals surface area (Å²) in [5.74, 6) is -0.921. The molecule has 1 N–H and O–H groups in total. The molecule has 2 amide bonds. The van der Waals surface area contributed by atoms with Crippen molar-refractivity contribution in [2.75, 3.05) is 11.4 Å². The van der Waals surface area contributed by atoms with Crippen LogP contribution in [0.15, 0.2) is 41.3 Å². The lowest BCUT2D eigenvalue weighted by Crippen LogP contribution is -2.51. The number of hydrogen-bond donors (Lipinski definition) is 1. The molecule has 1 aliphatic heterocycles. The van der Waals surface area contributed by atoms with Crippen molar-refractivity contribution in [2.24, 2.45) is 5.41 Å². The monoisotopic (exact) mass is 669 g/mol. The van der Waals surface area contributed by atoms with Crippen LogP contribution < -0.4 is 10.2 Å². The standard InChI is InChI=1S/C30H27BrF3N7O3/c1-15-5-6-22(31)37-26(15)40-8-7-28(4)14-29(28,40)27(44)38-23(43)13-41-25-20(24(39-41)16(2)42)9-18(10-21(25)30(32,33)34)19-11-35-17(3)36-12-19/h5-6,9-12H,7-8,13-14H2,1-4H3,(H,38,43,44). The maximum absolute atomic E-state index is 14.5. The van der Waals surface area contributed by atoms with Crippen molar-refractivity contribution >= 4 is 50.2 Å². The quantitative estimate of drug-likeness (QED) is 0.220. The van der Waals surface area contributed by atoms with Crippen LogP contribution in [0.1, 0.15) is 54.1 Å². The third kappa shape index (κ3) is 4.75. The summed E-state index contributed by atoms with van der Waals surface area (Å²) in [5.41, 5.74) is -1.87.